The Kier molecular flexibility index (Phi) is 2.87. The predicted molar refractivity (Wildman–Crippen MR) is 55.1 cm³/mol. The quantitative estimate of drug-likeness (QED) is 0.593. The zero-order valence-corrected chi connectivity index (χ0v) is 8.91. The summed E-state index contributed by atoms with van der Waals surface area (Å²) in [5.41, 5.74) is 0.701. The standard InChI is InChI=1S/C8H9BrN2O2/c1-10(2)8-6(9)4-3-5-7(8)11(12)13/h3-5H,1-2H3. The van der Waals surface area contributed by atoms with Gasteiger partial charge >= 0.3 is 0 Å². The maximum absolute atomic E-state index is 10.6. The third-order valence-corrected chi connectivity index (χ3v) is 2.25. The molecular weight excluding hydrogens is 236 g/mol. The summed E-state index contributed by atoms with van der Waals surface area (Å²) in [6.45, 7) is 0. The summed E-state index contributed by atoms with van der Waals surface area (Å²) in [5, 5.41) is 10.6. The first-order chi connectivity index (χ1) is 6.04. The Bertz CT molecular complexity index is 339. The van der Waals surface area contributed by atoms with Crippen LogP contribution in [-0.2, 0) is 0 Å². The van der Waals surface area contributed by atoms with Gasteiger partial charge in [-0.05, 0) is 22.0 Å². The van der Waals surface area contributed by atoms with Gasteiger partial charge in [0.25, 0.3) is 5.69 Å². The molecule has 5 heteroatoms. The van der Waals surface area contributed by atoms with Gasteiger partial charge in [0.1, 0.15) is 5.69 Å². The van der Waals surface area contributed by atoms with Crippen LogP contribution in [0.3, 0.4) is 0 Å². The molecule has 0 N–H and O–H groups in total. The van der Waals surface area contributed by atoms with Gasteiger partial charge in [-0.25, -0.2) is 0 Å². The molecule has 0 saturated heterocycles. The van der Waals surface area contributed by atoms with E-state index in [4.69, 9.17) is 0 Å². The second-order valence-corrected chi connectivity index (χ2v) is 3.61. The van der Waals surface area contributed by atoms with Crippen LogP contribution in [0.5, 0.6) is 0 Å². The minimum absolute atomic E-state index is 0.111. The molecule has 0 radical (unpaired) electrons. The smallest absolute Gasteiger partial charge is 0.293 e. The van der Waals surface area contributed by atoms with E-state index in [1.807, 2.05) is 0 Å². The highest BCUT2D eigenvalue weighted by atomic mass is 79.9. The molecule has 0 atom stereocenters. The molecule has 0 fully saturated rings. The second kappa shape index (κ2) is 3.74. The van der Waals surface area contributed by atoms with Crippen molar-refractivity contribution in [3.05, 3.63) is 32.8 Å². The van der Waals surface area contributed by atoms with Gasteiger partial charge < -0.3 is 4.90 Å². The normalized spacial score (nSPS) is 9.77. The van der Waals surface area contributed by atoms with Crippen LogP contribution in [0.25, 0.3) is 0 Å². The minimum atomic E-state index is -0.389. The average molecular weight is 245 g/mol. The molecule has 0 aliphatic rings. The molecule has 1 rings (SSSR count). The minimum Gasteiger partial charge on any atom is -0.371 e. The van der Waals surface area contributed by atoms with Crippen molar-refractivity contribution in [2.24, 2.45) is 0 Å². The first-order valence-electron chi connectivity index (χ1n) is 3.64. The van der Waals surface area contributed by atoms with E-state index in [-0.39, 0.29) is 10.6 Å². The number of hydrogen-bond donors (Lipinski definition) is 0. The van der Waals surface area contributed by atoms with Crippen LogP contribution in [0.1, 0.15) is 0 Å². The molecule has 4 nitrogen and oxygen atoms in total. The summed E-state index contributed by atoms with van der Waals surface area (Å²) in [5.74, 6) is 0. The average Bonchev–Trinajstić information content (AvgIpc) is 2.02. The molecular formula is C8H9BrN2O2. The van der Waals surface area contributed by atoms with Crippen LogP contribution in [0, 0.1) is 10.1 Å². The van der Waals surface area contributed by atoms with Crippen molar-refractivity contribution >= 4 is 27.3 Å². The first kappa shape index (κ1) is 9.98. The van der Waals surface area contributed by atoms with Crippen molar-refractivity contribution in [2.45, 2.75) is 0 Å². The molecule has 13 heavy (non-hydrogen) atoms. The number of nitro groups is 1. The Morgan fingerprint density at radius 3 is 2.46 bits per heavy atom. The number of para-hydroxylation sites is 1. The largest absolute Gasteiger partial charge is 0.371 e. The van der Waals surface area contributed by atoms with Crippen LogP contribution in [0.15, 0.2) is 22.7 Å². The lowest BCUT2D eigenvalue weighted by Gasteiger charge is -2.13. The van der Waals surface area contributed by atoms with Gasteiger partial charge in [0.2, 0.25) is 0 Å². The van der Waals surface area contributed by atoms with E-state index in [1.165, 1.54) is 6.07 Å². The molecule has 0 amide bonds. The van der Waals surface area contributed by atoms with E-state index < -0.39 is 0 Å². The fraction of sp³-hybridized carbons (Fsp3) is 0.250. The molecule has 0 heterocycles. The van der Waals surface area contributed by atoms with Crippen LogP contribution in [0.4, 0.5) is 11.4 Å². The highest BCUT2D eigenvalue weighted by Crippen LogP contribution is 2.33. The van der Waals surface area contributed by atoms with Crippen molar-refractivity contribution in [1.29, 1.82) is 0 Å². The Morgan fingerprint density at radius 2 is 2.08 bits per heavy atom. The molecule has 0 aliphatic carbocycles. The molecule has 0 spiro atoms. The molecule has 0 aliphatic heterocycles. The molecule has 70 valence electrons. The lowest BCUT2D eigenvalue weighted by atomic mass is 10.2. The number of rotatable bonds is 2. The molecule has 0 saturated carbocycles. The summed E-state index contributed by atoms with van der Waals surface area (Å²) >= 11 is 3.27. The lowest BCUT2D eigenvalue weighted by molar-refractivity contribution is -0.384. The Labute approximate surface area is 84.4 Å². The molecule has 1 aromatic carbocycles. The first-order valence-corrected chi connectivity index (χ1v) is 4.43. The Morgan fingerprint density at radius 1 is 1.46 bits per heavy atom. The van der Waals surface area contributed by atoms with E-state index in [1.54, 1.807) is 31.1 Å². The van der Waals surface area contributed by atoms with Gasteiger partial charge in [-0.3, -0.25) is 10.1 Å². The van der Waals surface area contributed by atoms with Crippen LogP contribution >= 0.6 is 15.9 Å². The summed E-state index contributed by atoms with van der Waals surface area (Å²) in [4.78, 5) is 12.0. The molecule has 0 aromatic heterocycles. The summed E-state index contributed by atoms with van der Waals surface area (Å²) in [6.07, 6.45) is 0. The van der Waals surface area contributed by atoms with E-state index >= 15 is 0 Å². The molecule has 0 bridgehead atoms. The number of benzene rings is 1. The zero-order valence-electron chi connectivity index (χ0n) is 7.32. The van der Waals surface area contributed by atoms with Gasteiger partial charge in [-0.2, -0.15) is 0 Å². The van der Waals surface area contributed by atoms with Crippen molar-refractivity contribution in [3.63, 3.8) is 0 Å². The fourth-order valence-electron chi connectivity index (χ4n) is 1.09. The SMILES string of the molecule is CN(C)c1c(Br)cccc1[N+](=O)[O-]. The maximum atomic E-state index is 10.6. The fourth-order valence-corrected chi connectivity index (χ4v) is 1.80. The molecule has 1 aromatic rings. The van der Waals surface area contributed by atoms with Crippen LogP contribution in [0.2, 0.25) is 0 Å². The van der Waals surface area contributed by atoms with Crippen molar-refractivity contribution in [3.8, 4) is 0 Å². The van der Waals surface area contributed by atoms with E-state index in [2.05, 4.69) is 15.9 Å². The number of hydrogen-bond acceptors (Lipinski definition) is 3. The summed E-state index contributed by atoms with van der Waals surface area (Å²) < 4.78 is 0.728. The summed E-state index contributed by atoms with van der Waals surface area (Å²) in [6, 6.07) is 4.91. The predicted octanol–water partition coefficient (Wildman–Crippen LogP) is 2.42. The Balaban J connectivity index is 3.34. The summed E-state index contributed by atoms with van der Waals surface area (Å²) in [7, 11) is 3.54. The maximum Gasteiger partial charge on any atom is 0.293 e. The van der Waals surface area contributed by atoms with Gasteiger partial charge in [0, 0.05) is 24.6 Å². The number of anilines is 1. The Hall–Kier alpha value is -1.10. The number of nitrogens with zero attached hydrogens (tertiary/aromatic N) is 2. The number of nitro benzene ring substituents is 1. The van der Waals surface area contributed by atoms with Gasteiger partial charge in [0.05, 0.1) is 4.92 Å². The van der Waals surface area contributed by atoms with Crippen molar-refractivity contribution in [1.82, 2.24) is 0 Å². The van der Waals surface area contributed by atoms with Crippen LogP contribution < -0.4 is 4.90 Å². The molecule has 0 unspecified atom stereocenters. The highest BCUT2D eigenvalue weighted by Gasteiger charge is 2.17. The lowest BCUT2D eigenvalue weighted by Crippen LogP contribution is -2.11. The van der Waals surface area contributed by atoms with Gasteiger partial charge in [-0.15, -0.1) is 0 Å². The number of halogens is 1. The van der Waals surface area contributed by atoms with Gasteiger partial charge in [-0.1, -0.05) is 6.07 Å². The van der Waals surface area contributed by atoms with E-state index in [9.17, 15) is 10.1 Å². The van der Waals surface area contributed by atoms with Crippen LogP contribution in [-0.4, -0.2) is 19.0 Å². The second-order valence-electron chi connectivity index (χ2n) is 2.76. The van der Waals surface area contributed by atoms with E-state index in [0.717, 1.165) is 4.47 Å². The third kappa shape index (κ3) is 1.98. The zero-order chi connectivity index (χ0) is 10.0. The van der Waals surface area contributed by atoms with Gasteiger partial charge in [0.15, 0.2) is 0 Å². The van der Waals surface area contributed by atoms with E-state index in [0.29, 0.717) is 5.69 Å². The topological polar surface area (TPSA) is 46.4 Å². The monoisotopic (exact) mass is 244 g/mol. The highest BCUT2D eigenvalue weighted by molar-refractivity contribution is 9.10. The van der Waals surface area contributed by atoms with Crippen molar-refractivity contribution < 1.29 is 4.92 Å². The third-order valence-electron chi connectivity index (χ3n) is 1.61. The van der Waals surface area contributed by atoms with Crippen molar-refractivity contribution in [2.75, 3.05) is 19.0 Å².